The van der Waals surface area contributed by atoms with Crippen molar-refractivity contribution in [2.24, 2.45) is 5.92 Å². The van der Waals surface area contributed by atoms with Crippen LogP contribution in [0.1, 0.15) is 0 Å². The Morgan fingerprint density at radius 3 is 2.90 bits per heavy atom. The van der Waals surface area contributed by atoms with Crippen molar-refractivity contribution in [1.29, 1.82) is 0 Å². The summed E-state index contributed by atoms with van der Waals surface area (Å²) in [5, 5.41) is 11.0. The van der Waals surface area contributed by atoms with Gasteiger partial charge in [-0.25, -0.2) is 4.98 Å². The lowest BCUT2D eigenvalue weighted by Crippen LogP contribution is -2.54. The van der Waals surface area contributed by atoms with Crippen LogP contribution in [0, 0.1) is 5.92 Å². The van der Waals surface area contributed by atoms with Gasteiger partial charge in [0.15, 0.2) is 0 Å². The second kappa shape index (κ2) is 4.71. The Balaban J connectivity index is 1.74. The van der Waals surface area contributed by atoms with Crippen LogP contribution in [0.3, 0.4) is 0 Å². The summed E-state index contributed by atoms with van der Waals surface area (Å²) in [4.78, 5) is 40.9. The molecule has 0 saturated carbocycles. The van der Waals surface area contributed by atoms with Gasteiger partial charge in [-0.15, -0.1) is 11.3 Å². The predicted octanol–water partition coefficient (Wildman–Crippen LogP) is 0.00100. The van der Waals surface area contributed by atoms with Gasteiger partial charge in [0, 0.05) is 13.1 Å². The van der Waals surface area contributed by atoms with Crippen molar-refractivity contribution in [3.8, 4) is 0 Å². The number of carboxylic acids is 1. The lowest BCUT2D eigenvalue weighted by Gasteiger charge is -2.36. The number of fused-ring (bicyclic) bond motifs is 1. The Bertz CT molecular complexity index is 744. The standard InChI is InChI=1S/C12H11N3O4S/c16-9(14-3-7(4-14)12(18)19)5-15-6-13-10-8(11(15)17)1-2-20-10/h1-2,6-7H,3-5H2,(H,18,19). The summed E-state index contributed by atoms with van der Waals surface area (Å²) < 4.78 is 1.26. The first-order valence-corrected chi connectivity index (χ1v) is 6.87. The van der Waals surface area contributed by atoms with Crippen LogP contribution in [0.25, 0.3) is 10.2 Å². The van der Waals surface area contributed by atoms with Gasteiger partial charge < -0.3 is 10.0 Å². The van der Waals surface area contributed by atoms with E-state index in [9.17, 15) is 14.4 Å². The number of aromatic nitrogens is 2. The third-order valence-electron chi connectivity index (χ3n) is 3.34. The molecular formula is C12H11N3O4S. The van der Waals surface area contributed by atoms with Crippen LogP contribution in [0.5, 0.6) is 0 Å². The average molecular weight is 293 g/mol. The van der Waals surface area contributed by atoms with Gasteiger partial charge >= 0.3 is 5.97 Å². The Morgan fingerprint density at radius 1 is 1.45 bits per heavy atom. The molecule has 1 aliphatic heterocycles. The second-order valence-corrected chi connectivity index (χ2v) is 5.55. The highest BCUT2D eigenvalue weighted by Crippen LogP contribution is 2.16. The predicted molar refractivity (Wildman–Crippen MR) is 71.6 cm³/mol. The fourth-order valence-corrected chi connectivity index (χ4v) is 2.81. The Morgan fingerprint density at radius 2 is 2.20 bits per heavy atom. The van der Waals surface area contributed by atoms with Crippen LogP contribution in [0.4, 0.5) is 0 Å². The largest absolute Gasteiger partial charge is 0.481 e. The highest BCUT2D eigenvalue weighted by Gasteiger charge is 2.35. The van der Waals surface area contributed by atoms with Crippen LogP contribution in [0.2, 0.25) is 0 Å². The minimum absolute atomic E-state index is 0.107. The van der Waals surface area contributed by atoms with E-state index in [1.807, 2.05) is 0 Å². The summed E-state index contributed by atoms with van der Waals surface area (Å²) in [5.74, 6) is -1.65. The second-order valence-electron chi connectivity index (χ2n) is 4.65. The summed E-state index contributed by atoms with van der Waals surface area (Å²) in [5.41, 5.74) is -0.250. The number of nitrogens with zero attached hydrogens (tertiary/aromatic N) is 3. The number of hydrogen-bond acceptors (Lipinski definition) is 5. The SMILES string of the molecule is O=C(O)C1CN(C(=O)Cn2cnc3sccc3c2=O)C1. The van der Waals surface area contributed by atoms with E-state index >= 15 is 0 Å². The molecule has 3 heterocycles. The van der Waals surface area contributed by atoms with E-state index in [4.69, 9.17) is 5.11 Å². The quantitative estimate of drug-likeness (QED) is 0.860. The van der Waals surface area contributed by atoms with Crippen molar-refractivity contribution in [2.45, 2.75) is 6.54 Å². The molecule has 0 radical (unpaired) electrons. The van der Waals surface area contributed by atoms with Gasteiger partial charge in [0.2, 0.25) is 5.91 Å². The molecule has 7 nitrogen and oxygen atoms in total. The highest BCUT2D eigenvalue weighted by atomic mass is 32.1. The summed E-state index contributed by atoms with van der Waals surface area (Å²) in [6, 6.07) is 1.68. The normalized spacial score (nSPS) is 15.3. The number of hydrogen-bond donors (Lipinski definition) is 1. The minimum Gasteiger partial charge on any atom is -0.481 e. The van der Waals surface area contributed by atoms with Crippen LogP contribution < -0.4 is 5.56 Å². The number of carbonyl (C=O) groups is 2. The lowest BCUT2D eigenvalue weighted by atomic mass is 10.0. The molecule has 2 aromatic heterocycles. The first-order chi connectivity index (χ1) is 9.56. The molecule has 0 atom stereocenters. The third kappa shape index (κ3) is 2.07. The topological polar surface area (TPSA) is 92.5 Å². The Labute approximate surface area is 117 Å². The zero-order valence-electron chi connectivity index (χ0n) is 10.4. The van der Waals surface area contributed by atoms with E-state index in [1.54, 1.807) is 11.4 Å². The number of carbonyl (C=O) groups excluding carboxylic acids is 1. The van der Waals surface area contributed by atoms with E-state index in [0.717, 1.165) is 0 Å². The first-order valence-electron chi connectivity index (χ1n) is 5.99. The summed E-state index contributed by atoms with van der Waals surface area (Å²) in [7, 11) is 0. The highest BCUT2D eigenvalue weighted by molar-refractivity contribution is 7.16. The van der Waals surface area contributed by atoms with Crippen molar-refractivity contribution >= 4 is 33.4 Å². The third-order valence-corrected chi connectivity index (χ3v) is 4.16. The molecule has 0 spiro atoms. The number of aliphatic carboxylic acids is 1. The lowest BCUT2D eigenvalue weighted by molar-refractivity contribution is -0.153. The van der Waals surface area contributed by atoms with Gasteiger partial charge in [0.05, 0.1) is 17.6 Å². The monoisotopic (exact) mass is 293 g/mol. The van der Waals surface area contributed by atoms with E-state index in [2.05, 4.69) is 4.98 Å². The molecule has 2 aromatic rings. The van der Waals surface area contributed by atoms with Crippen LogP contribution in [-0.2, 0) is 16.1 Å². The van der Waals surface area contributed by atoms with Gasteiger partial charge in [-0.05, 0) is 11.4 Å². The maximum absolute atomic E-state index is 12.1. The number of likely N-dealkylation sites (tertiary alicyclic amines) is 1. The summed E-state index contributed by atoms with van der Waals surface area (Å²) in [6.45, 7) is 0.304. The first kappa shape index (κ1) is 12.8. The smallest absolute Gasteiger partial charge is 0.310 e. The molecule has 3 rings (SSSR count). The Kier molecular flexibility index (Phi) is 3.01. The zero-order valence-corrected chi connectivity index (χ0v) is 11.2. The van der Waals surface area contributed by atoms with Crippen LogP contribution >= 0.6 is 11.3 Å². The zero-order chi connectivity index (χ0) is 14.3. The minimum atomic E-state index is -0.896. The molecule has 20 heavy (non-hydrogen) atoms. The van der Waals surface area contributed by atoms with Gasteiger partial charge in [-0.2, -0.15) is 0 Å². The molecule has 0 bridgehead atoms. The fraction of sp³-hybridized carbons (Fsp3) is 0.333. The number of carboxylic acid groups (broad SMARTS) is 1. The fourth-order valence-electron chi connectivity index (χ4n) is 2.09. The van der Waals surface area contributed by atoms with Gasteiger partial charge in [-0.1, -0.05) is 0 Å². The Hall–Kier alpha value is -2.22. The molecule has 104 valence electrons. The van der Waals surface area contributed by atoms with Crippen molar-refractivity contribution in [1.82, 2.24) is 14.5 Å². The van der Waals surface area contributed by atoms with Crippen LogP contribution in [-0.4, -0.2) is 44.5 Å². The molecule has 1 N–H and O–H groups in total. The molecule has 8 heteroatoms. The average Bonchev–Trinajstić information content (AvgIpc) is 2.79. The van der Waals surface area contributed by atoms with E-state index in [0.29, 0.717) is 10.2 Å². The number of rotatable bonds is 3. The number of thiophene rings is 1. The molecule has 1 fully saturated rings. The van der Waals surface area contributed by atoms with E-state index in [1.165, 1.54) is 27.1 Å². The van der Waals surface area contributed by atoms with Crippen molar-refractivity contribution < 1.29 is 14.7 Å². The van der Waals surface area contributed by atoms with Crippen molar-refractivity contribution in [3.63, 3.8) is 0 Å². The molecule has 0 unspecified atom stereocenters. The molecule has 1 aliphatic rings. The van der Waals surface area contributed by atoms with E-state index in [-0.39, 0.29) is 31.1 Å². The maximum Gasteiger partial charge on any atom is 0.310 e. The molecule has 0 aromatic carbocycles. The van der Waals surface area contributed by atoms with Gasteiger partial charge in [0.25, 0.3) is 5.56 Å². The number of amides is 1. The summed E-state index contributed by atoms with van der Waals surface area (Å²) >= 11 is 1.37. The van der Waals surface area contributed by atoms with Crippen LogP contribution in [0.15, 0.2) is 22.6 Å². The summed E-state index contributed by atoms with van der Waals surface area (Å²) in [6.07, 6.45) is 1.35. The molecule has 1 amide bonds. The molecule has 0 aliphatic carbocycles. The molecule has 1 saturated heterocycles. The maximum atomic E-state index is 12.1. The van der Waals surface area contributed by atoms with Gasteiger partial charge in [0.1, 0.15) is 11.4 Å². The van der Waals surface area contributed by atoms with Gasteiger partial charge in [-0.3, -0.25) is 19.0 Å². The van der Waals surface area contributed by atoms with E-state index < -0.39 is 11.9 Å². The molecular weight excluding hydrogens is 282 g/mol. The van der Waals surface area contributed by atoms with Crippen molar-refractivity contribution in [2.75, 3.05) is 13.1 Å². The van der Waals surface area contributed by atoms with Crippen molar-refractivity contribution in [3.05, 3.63) is 28.1 Å².